The minimum Gasteiger partial charge on any atom is -0.493 e. The van der Waals surface area contributed by atoms with Crippen LogP contribution in [0.5, 0.6) is 5.75 Å². The Morgan fingerprint density at radius 2 is 1.53 bits per heavy atom. The SMILES string of the molecule is ClCc1ccc(OCCc2ccccc2)cc1. The Bertz CT molecular complexity index is 436. The van der Waals surface area contributed by atoms with Crippen LogP contribution in [0.4, 0.5) is 0 Å². The van der Waals surface area contributed by atoms with Gasteiger partial charge >= 0.3 is 0 Å². The Morgan fingerprint density at radius 1 is 0.824 bits per heavy atom. The van der Waals surface area contributed by atoms with E-state index in [0.29, 0.717) is 12.5 Å². The van der Waals surface area contributed by atoms with Crippen LogP contribution in [0, 0.1) is 0 Å². The maximum absolute atomic E-state index is 5.72. The minimum atomic E-state index is 0.546. The van der Waals surface area contributed by atoms with E-state index in [1.165, 1.54) is 5.56 Å². The monoisotopic (exact) mass is 246 g/mol. The molecule has 0 atom stereocenters. The van der Waals surface area contributed by atoms with Gasteiger partial charge in [0.05, 0.1) is 6.61 Å². The van der Waals surface area contributed by atoms with Gasteiger partial charge in [0.25, 0.3) is 0 Å². The Labute approximate surface area is 107 Å². The second kappa shape index (κ2) is 6.31. The van der Waals surface area contributed by atoms with E-state index in [0.717, 1.165) is 17.7 Å². The molecule has 0 N–H and O–H groups in total. The Hall–Kier alpha value is -1.47. The minimum absolute atomic E-state index is 0.546. The van der Waals surface area contributed by atoms with Crippen molar-refractivity contribution in [3.63, 3.8) is 0 Å². The van der Waals surface area contributed by atoms with E-state index < -0.39 is 0 Å². The zero-order chi connectivity index (χ0) is 11.9. The molecule has 0 aliphatic carbocycles. The molecule has 17 heavy (non-hydrogen) atoms. The average Bonchev–Trinajstić information content (AvgIpc) is 2.41. The summed E-state index contributed by atoms with van der Waals surface area (Å²) in [5.41, 5.74) is 2.41. The van der Waals surface area contributed by atoms with Crippen molar-refractivity contribution >= 4 is 11.6 Å². The van der Waals surface area contributed by atoms with Crippen LogP contribution in [0.2, 0.25) is 0 Å². The second-order valence-electron chi connectivity index (χ2n) is 3.86. The van der Waals surface area contributed by atoms with Gasteiger partial charge in [0, 0.05) is 12.3 Å². The summed E-state index contributed by atoms with van der Waals surface area (Å²) in [5.74, 6) is 1.44. The van der Waals surface area contributed by atoms with Gasteiger partial charge < -0.3 is 4.74 Å². The molecule has 0 aromatic heterocycles. The lowest BCUT2D eigenvalue weighted by atomic mass is 10.2. The van der Waals surface area contributed by atoms with Gasteiger partial charge in [0.1, 0.15) is 5.75 Å². The third-order valence-corrected chi connectivity index (χ3v) is 2.89. The van der Waals surface area contributed by atoms with Gasteiger partial charge in [-0.2, -0.15) is 0 Å². The molecule has 0 saturated heterocycles. The summed E-state index contributed by atoms with van der Waals surface area (Å²) < 4.78 is 5.67. The molecule has 0 fully saturated rings. The van der Waals surface area contributed by atoms with Crippen LogP contribution in [-0.2, 0) is 12.3 Å². The largest absolute Gasteiger partial charge is 0.493 e. The molecular weight excluding hydrogens is 232 g/mol. The summed E-state index contributed by atoms with van der Waals surface area (Å²) in [6, 6.07) is 18.2. The number of halogens is 1. The lowest BCUT2D eigenvalue weighted by molar-refractivity contribution is 0.322. The number of rotatable bonds is 5. The molecule has 2 aromatic carbocycles. The topological polar surface area (TPSA) is 9.23 Å². The predicted octanol–water partition coefficient (Wildman–Crippen LogP) is 4.05. The van der Waals surface area contributed by atoms with E-state index in [2.05, 4.69) is 12.1 Å². The molecule has 88 valence electrons. The molecular formula is C15H15ClO. The Balaban J connectivity index is 1.82. The fourth-order valence-electron chi connectivity index (χ4n) is 1.61. The fraction of sp³-hybridized carbons (Fsp3) is 0.200. The first-order valence-corrected chi connectivity index (χ1v) is 6.23. The highest BCUT2D eigenvalue weighted by Crippen LogP contribution is 2.13. The number of alkyl halides is 1. The van der Waals surface area contributed by atoms with E-state index in [4.69, 9.17) is 16.3 Å². The molecule has 0 saturated carbocycles. The lowest BCUT2D eigenvalue weighted by Gasteiger charge is -2.06. The van der Waals surface area contributed by atoms with Crippen LogP contribution in [0.15, 0.2) is 54.6 Å². The number of hydrogen-bond acceptors (Lipinski definition) is 1. The number of ether oxygens (including phenoxy) is 1. The van der Waals surface area contributed by atoms with Gasteiger partial charge in [-0.15, -0.1) is 11.6 Å². The third-order valence-electron chi connectivity index (χ3n) is 2.58. The van der Waals surface area contributed by atoms with E-state index in [9.17, 15) is 0 Å². The van der Waals surface area contributed by atoms with Crippen molar-refractivity contribution in [2.24, 2.45) is 0 Å². The summed E-state index contributed by atoms with van der Waals surface area (Å²) in [5, 5.41) is 0. The van der Waals surface area contributed by atoms with Gasteiger partial charge in [-0.05, 0) is 23.3 Å². The summed E-state index contributed by atoms with van der Waals surface area (Å²) in [7, 11) is 0. The van der Waals surface area contributed by atoms with Crippen molar-refractivity contribution in [3.8, 4) is 5.75 Å². The molecule has 2 heteroatoms. The zero-order valence-corrected chi connectivity index (χ0v) is 10.4. The second-order valence-corrected chi connectivity index (χ2v) is 4.13. The normalized spacial score (nSPS) is 10.2. The van der Waals surface area contributed by atoms with Crippen LogP contribution in [0.3, 0.4) is 0 Å². The predicted molar refractivity (Wildman–Crippen MR) is 71.6 cm³/mol. The van der Waals surface area contributed by atoms with Crippen LogP contribution < -0.4 is 4.74 Å². The van der Waals surface area contributed by atoms with Crippen LogP contribution in [0.25, 0.3) is 0 Å². The standard InChI is InChI=1S/C15H15ClO/c16-12-14-6-8-15(9-7-14)17-11-10-13-4-2-1-3-5-13/h1-9H,10-12H2. The lowest BCUT2D eigenvalue weighted by Crippen LogP contribution is -2.01. The summed E-state index contributed by atoms with van der Waals surface area (Å²) >= 11 is 5.72. The molecule has 0 unspecified atom stereocenters. The molecule has 0 aliphatic heterocycles. The highest BCUT2D eigenvalue weighted by molar-refractivity contribution is 6.17. The first kappa shape index (κ1) is 12.0. The first-order chi connectivity index (χ1) is 8.38. The number of benzene rings is 2. The van der Waals surface area contributed by atoms with Crippen molar-refractivity contribution in [2.45, 2.75) is 12.3 Å². The third kappa shape index (κ3) is 3.79. The average molecular weight is 247 g/mol. The maximum atomic E-state index is 5.72. The van der Waals surface area contributed by atoms with Gasteiger partial charge in [-0.3, -0.25) is 0 Å². The highest BCUT2D eigenvalue weighted by atomic mass is 35.5. The smallest absolute Gasteiger partial charge is 0.119 e. The summed E-state index contributed by atoms with van der Waals surface area (Å²) in [4.78, 5) is 0. The van der Waals surface area contributed by atoms with Crippen LogP contribution in [0.1, 0.15) is 11.1 Å². The fourth-order valence-corrected chi connectivity index (χ4v) is 1.78. The van der Waals surface area contributed by atoms with E-state index >= 15 is 0 Å². The van der Waals surface area contributed by atoms with E-state index in [-0.39, 0.29) is 0 Å². The van der Waals surface area contributed by atoms with E-state index in [1.54, 1.807) is 0 Å². The summed E-state index contributed by atoms with van der Waals surface area (Å²) in [6.07, 6.45) is 0.929. The molecule has 0 bridgehead atoms. The van der Waals surface area contributed by atoms with Gasteiger partial charge in [-0.25, -0.2) is 0 Å². The molecule has 0 radical (unpaired) electrons. The van der Waals surface area contributed by atoms with Crippen LogP contribution >= 0.6 is 11.6 Å². The molecule has 2 rings (SSSR count). The van der Waals surface area contributed by atoms with Crippen molar-refractivity contribution in [2.75, 3.05) is 6.61 Å². The number of hydrogen-bond donors (Lipinski definition) is 0. The van der Waals surface area contributed by atoms with Gasteiger partial charge in [0.2, 0.25) is 0 Å². The molecule has 1 nitrogen and oxygen atoms in total. The quantitative estimate of drug-likeness (QED) is 0.724. The van der Waals surface area contributed by atoms with Crippen molar-refractivity contribution in [3.05, 3.63) is 65.7 Å². The van der Waals surface area contributed by atoms with Crippen LogP contribution in [-0.4, -0.2) is 6.61 Å². The molecule has 2 aromatic rings. The van der Waals surface area contributed by atoms with Crippen molar-refractivity contribution < 1.29 is 4.74 Å². The van der Waals surface area contributed by atoms with Gasteiger partial charge in [0.15, 0.2) is 0 Å². The molecule has 0 spiro atoms. The maximum Gasteiger partial charge on any atom is 0.119 e. The Morgan fingerprint density at radius 3 is 2.18 bits per heavy atom. The molecule has 0 aliphatic rings. The van der Waals surface area contributed by atoms with Gasteiger partial charge in [-0.1, -0.05) is 42.5 Å². The Kier molecular flexibility index (Phi) is 4.45. The molecule has 0 heterocycles. The highest BCUT2D eigenvalue weighted by Gasteiger charge is 1.96. The van der Waals surface area contributed by atoms with E-state index in [1.807, 2.05) is 42.5 Å². The summed E-state index contributed by atoms with van der Waals surface area (Å²) in [6.45, 7) is 0.699. The first-order valence-electron chi connectivity index (χ1n) is 5.70. The van der Waals surface area contributed by atoms with Crippen molar-refractivity contribution in [1.29, 1.82) is 0 Å². The zero-order valence-electron chi connectivity index (χ0n) is 9.60. The van der Waals surface area contributed by atoms with Crippen molar-refractivity contribution in [1.82, 2.24) is 0 Å². The molecule has 0 amide bonds.